The molecule has 0 aromatic heterocycles. The maximum atomic E-state index is 10.4. The van der Waals surface area contributed by atoms with E-state index in [0.717, 1.165) is 19.3 Å². The molecule has 0 fully saturated rings. The van der Waals surface area contributed by atoms with Gasteiger partial charge in [0.1, 0.15) is 0 Å². The Hall–Kier alpha value is -1.23. The largest absolute Gasteiger partial charge is 0.481 e. The Morgan fingerprint density at radius 2 is 1.43 bits per heavy atom. The number of carboxylic acid groups (broad SMARTS) is 1. The molecule has 1 N–H and O–H groups in total. The maximum Gasteiger partial charge on any atom is 0.303 e. The molecular weight excluding hydrogens is 260 g/mol. The van der Waals surface area contributed by atoms with Gasteiger partial charge in [-0.25, -0.2) is 0 Å². The highest BCUT2D eigenvalue weighted by Crippen LogP contribution is 2.38. The summed E-state index contributed by atoms with van der Waals surface area (Å²) in [5.41, 5.74) is 3.41. The Balaban J connectivity index is 1.86. The molecule has 0 unspecified atom stereocenters. The van der Waals surface area contributed by atoms with Gasteiger partial charge in [0.15, 0.2) is 0 Å². The highest BCUT2D eigenvalue weighted by molar-refractivity contribution is 5.66. The molecular formula is C19H30O2. The van der Waals surface area contributed by atoms with Crippen LogP contribution in [-0.4, -0.2) is 11.1 Å². The fourth-order valence-corrected chi connectivity index (χ4v) is 2.81. The van der Waals surface area contributed by atoms with Crippen LogP contribution < -0.4 is 0 Å². The lowest BCUT2D eigenvalue weighted by Crippen LogP contribution is -1.93. The molecule has 0 spiro atoms. The summed E-state index contributed by atoms with van der Waals surface area (Å²) in [6.07, 6.45) is 21.1. The molecule has 0 atom stereocenters. The molecule has 0 aromatic carbocycles. The Morgan fingerprint density at radius 1 is 0.905 bits per heavy atom. The maximum absolute atomic E-state index is 10.4. The zero-order valence-electron chi connectivity index (χ0n) is 13.3. The van der Waals surface area contributed by atoms with Gasteiger partial charge in [0.2, 0.25) is 0 Å². The SMILES string of the molecule is C#CCCCCCCCC1=C(CCCCCCC(=O)O)C1. The van der Waals surface area contributed by atoms with Crippen molar-refractivity contribution in [3.05, 3.63) is 11.1 Å². The van der Waals surface area contributed by atoms with E-state index in [-0.39, 0.29) is 0 Å². The summed E-state index contributed by atoms with van der Waals surface area (Å²) < 4.78 is 0. The lowest BCUT2D eigenvalue weighted by atomic mass is 10.1. The number of carbonyl (C=O) groups is 1. The van der Waals surface area contributed by atoms with Crippen molar-refractivity contribution in [2.75, 3.05) is 0 Å². The van der Waals surface area contributed by atoms with Gasteiger partial charge in [0, 0.05) is 12.8 Å². The van der Waals surface area contributed by atoms with Crippen LogP contribution in [0.25, 0.3) is 0 Å². The Morgan fingerprint density at radius 3 is 2.00 bits per heavy atom. The monoisotopic (exact) mass is 290 g/mol. The van der Waals surface area contributed by atoms with E-state index >= 15 is 0 Å². The number of terminal acetylenes is 1. The first-order chi connectivity index (χ1) is 10.2. The fraction of sp³-hybridized carbons (Fsp3) is 0.737. The van der Waals surface area contributed by atoms with E-state index in [2.05, 4.69) is 5.92 Å². The van der Waals surface area contributed by atoms with Crippen LogP contribution in [0.2, 0.25) is 0 Å². The first-order valence-electron chi connectivity index (χ1n) is 8.59. The van der Waals surface area contributed by atoms with Crippen molar-refractivity contribution in [3.8, 4) is 12.3 Å². The molecule has 21 heavy (non-hydrogen) atoms. The van der Waals surface area contributed by atoms with Gasteiger partial charge in [-0.2, -0.15) is 0 Å². The molecule has 2 nitrogen and oxygen atoms in total. The van der Waals surface area contributed by atoms with E-state index in [1.54, 1.807) is 11.1 Å². The molecule has 0 bridgehead atoms. The minimum atomic E-state index is -0.665. The van der Waals surface area contributed by atoms with Crippen LogP contribution in [0.4, 0.5) is 0 Å². The van der Waals surface area contributed by atoms with Crippen LogP contribution in [0.1, 0.15) is 89.9 Å². The second kappa shape index (κ2) is 11.4. The van der Waals surface area contributed by atoms with E-state index in [1.807, 2.05) is 0 Å². The fourth-order valence-electron chi connectivity index (χ4n) is 2.81. The van der Waals surface area contributed by atoms with Crippen molar-refractivity contribution >= 4 is 5.97 Å². The second-order valence-corrected chi connectivity index (χ2v) is 6.16. The van der Waals surface area contributed by atoms with Gasteiger partial charge < -0.3 is 5.11 Å². The van der Waals surface area contributed by atoms with Crippen LogP contribution in [0.5, 0.6) is 0 Å². The summed E-state index contributed by atoms with van der Waals surface area (Å²) in [6.45, 7) is 0. The lowest BCUT2D eigenvalue weighted by Gasteiger charge is -1.98. The van der Waals surface area contributed by atoms with Crippen LogP contribution in [0, 0.1) is 12.3 Å². The highest BCUT2D eigenvalue weighted by Gasteiger charge is 2.19. The van der Waals surface area contributed by atoms with Crippen molar-refractivity contribution in [1.82, 2.24) is 0 Å². The van der Waals surface area contributed by atoms with Gasteiger partial charge in [-0.1, -0.05) is 43.3 Å². The smallest absolute Gasteiger partial charge is 0.303 e. The minimum Gasteiger partial charge on any atom is -0.481 e. The van der Waals surface area contributed by atoms with E-state index in [9.17, 15) is 4.79 Å². The third-order valence-corrected chi connectivity index (χ3v) is 4.22. The summed E-state index contributed by atoms with van der Waals surface area (Å²) in [5, 5.41) is 8.55. The van der Waals surface area contributed by atoms with Crippen LogP contribution in [0.3, 0.4) is 0 Å². The summed E-state index contributed by atoms with van der Waals surface area (Å²) in [4.78, 5) is 10.4. The van der Waals surface area contributed by atoms with Gasteiger partial charge in [-0.3, -0.25) is 4.79 Å². The topological polar surface area (TPSA) is 37.3 Å². The van der Waals surface area contributed by atoms with Crippen molar-refractivity contribution < 1.29 is 9.90 Å². The number of unbranched alkanes of at least 4 members (excludes halogenated alkanes) is 8. The minimum absolute atomic E-state index is 0.329. The number of allylic oxidation sites excluding steroid dienone is 2. The molecule has 0 saturated carbocycles. The number of aliphatic carboxylic acids is 1. The van der Waals surface area contributed by atoms with Crippen LogP contribution in [-0.2, 0) is 4.79 Å². The predicted molar refractivity (Wildman–Crippen MR) is 88.1 cm³/mol. The Labute approximate surface area is 130 Å². The zero-order chi connectivity index (χ0) is 15.3. The third-order valence-electron chi connectivity index (χ3n) is 4.22. The first kappa shape index (κ1) is 17.8. The second-order valence-electron chi connectivity index (χ2n) is 6.16. The van der Waals surface area contributed by atoms with Crippen LogP contribution in [0.15, 0.2) is 11.1 Å². The molecule has 0 aliphatic heterocycles. The van der Waals surface area contributed by atoms with Gasteiger partial charge in [0.05, 0.1) is 0 Å². The quantitative estimate of drug-likeness (QED) is 0.261. The van der Waals surface area contributed by atoms with Gasteiger partial charge >= 0.3 is 5.97 Å². The molecule has 1 aliphatic rings. The first-order valence-corrected chi connectivity index (χ1v) is 8.59. The van der Waals surface area contributed by atoms with E-state index in [4.69, 9.17) is 11.5 Å². The molecule has 2 heteroatoms. The average Bonchev–Trinajstić information content (AvgIpc) is 3.20. The Kier molecular flexibility index (Phi) is 9.70. The summed E-state index contributed by atoms with van der Waals surface area (Å²) in [6, 6.07) is 0. The predicted octanol–water partition coefficient (Wildman–Crippen LogP) is 5.48. The molecule has 0 heterocycles. The highest BCUT2D eigenvalue weighted by atomic mass is 16.4. The van der Waals surface area contributed by atoms with Gasteiger partial charge in [-0.05, 0) is 44.9 Å². The van der Waals surface area contributed by atoms with E-state index in [1.165, 1.54) is 64.2 Å². The third kappa shape index (κ3) is 10.2. The summed E-state index contributed by atoms with van der Waals surface area (Å²) >= 11 is 0. The number of carboxylic acids is 1. The number of hydrogen-bond acceptors (Lipinski definition) is 1. The van der Waals surface area contributed by atoms with Crippen molar-refractivity contribution in [3.63, 3.8) is 0 Å². The zero-order valence-corrected chi connectivity index (χ0v) is 13.3. The van der Waals surface area contributed by atoms with Crippen molar-refractivity contribution in [2.24, 2.45) is 0 Å². The van der Waals surface area contributed by atoms with E-state index < -0.39 is 5.97 Å². The lowest BCUT2D eigenvalue weighted by molar-refractivity contribution is -0.137. The molecule has 1 rings (SSSR count). The molecule has 0 aromatic rings. The standard InChI is InChI=1S/C19H30O2/c1-2-3-4-5-6-7-10-13-17-16-18(17)14-11-8-9-12-15-19(20)21/h1H,3-16H2,(H,20,21). The van der Waals surface area contributed by atoms with Crippen LogP contribution >= 0.6 is 0 Å². The Bertz CT molecular complexity index is 374. The summed E-state index contributed by atoms with van der Waals surface area (Å²) in [5.74, 6) is 2.03. The average molecular weight is 290 g/mol. The van der Waals surface area contributed by atoms with Crippen molar-refractivity contribution in [2.45, 2.75) is 89.9 Å². The van der Waals surface area contributed by atoms with E-state index in [0.29, 0.717) is 6.42 Å². The van der Waals surface area contributed by atoms with Gasteiger partial charge in [-0.15, -0.1) is 12.3 Å². The normalized spacial score (nSPS) is 13.3. The molecule has 0 amide bonds. The molecule has 118 valence electrons. The summed E-state index contributed by atoms with van der Waals surface area (Å²) in [7, 11) is 0. The molecule has 1 aliphatic carbocycles. The van der Waals surface area contributed by atoms with Gasteiger partial charge in [0.25, 0.3) is 0 Å². The molecule has 0 radical (unpaired) electrons. The molecule has 0 saturated heterocycles. The number of hydrogen-bond donors (Lipinski definition) is 1. The van der Waals surface area contributed by atoms with Crippen molar-refractivity contribution in [1.29, 1.82) is 0 Å². The number of rotatable bonds is 14.